The molecule has 32 heavy (non-hydrogen) atoms. The fourth-order valence-corrected chi connectivity index (χ4v) is 3.63. The van der Waals surface area contributed by atoms with Crippen LogP contribution < -0.4 is 5.32 Å². The third-order valence-corrected chi connectivity index (χ3v) is 5.45. The molecule has 0 radical (unpaired) electrons. The Balaban J connectivity index is 6.05. The summed E-state index contributed by atoms with van der Waals surface area (Å²) < 4.78 is 41.6. The lowest BCUT2D eigenvalue weighted by atomic mass is 9.84. The molecule has 0 saturated heterocycles. The Morgan fingerprint density at radius 2 is 1.72 bits per heavy atom. The Morgan fingerprint density at radius 1 is 1.09 bits per heavy atom. The molecule has 0 aromatic rings. The number of rotatable bonds is 16. The molecule has 0 fully saturated rings. The molecule has 1 N–H and O–H groups in total. The Hall–Kier alpha value is -2.12. The van der Waals surface area contributed by atoms with Crippen LogP contribution in [0.15, 0.2) is 41.2 Å². The topological polar surface area (TPSA) is 67.5 Å². The molecule has 0 aliphatic carbocycles. The highest BCUT2D eigenvalue weighted by Crippen LogP contribution is 2.31. The molecular weight excluding hydrogens is 419 g/mol. The van der Waals surface area contributed by atoms with E-state index in [1.807, 2.05) is 6.92 Å². The first-order chi connectivity index (χ1) is 15.0. The fourth-order valence-electron chi connectivity index (χ4n) is 3.63. The van der Waals surface area contributed by atoms with E-state index >= 15 is 0 Å². The van der Waals surface area contributed by atoms with Crippen LogP contribution >= 0.6 is 0 Å². The van der Waals surface area contributed by atoms with Crippen LogP contribution in [-0.2, 0) is 0 Å². The molecular formula is C24H40F3N3O2. The molecule has 0 rings (SSSR count). The molecule has 8 heteroatoms. The van der Waals surface area contributed by atoms with Crippen molar-refractivity contribution in [3.63, 3.8) is 0 Å². The number of nitrogens with zero attached hydrogens (tertiary/aromatic N) is 2. The molecule has 0 saturated carbocycles. The first-order valence-electron chi connectivity index (χ1n) is 11.6. The van der Waals surface area contributed by atoms with Gasteiger partial charge in [-0.3, -0.25) is 10.1 Å². The summed E-state index contributed by atoms with van der Waals surface area (Å²) in [7, 11) is 0. The van der Waals surface area contributed by atoms with Gasteiger partial charge in [0, 0.05) is 5.54 Å². The van der Waals surface area contributed by atoms with E-state index in [-0.39, 0.29) is 18.0 Å². The number of hydrogen-bond donors (Lipinski definition) is 1. The van der Waals surface area contributed by atoms with E-state index in [0.717, 1.165) is 38.2 Å². The molecule has 0 aliphatic heterocycles. The second kappa shape index (κ2) is 15.6. The van der Waals surface area contributed by atoms with Gasteiger partial charge in [0.1, 0.15) is 11.5 Å². The maximum Gasteiger partial charge on any atom is 0.419 e. The Kier molecular flexibility index (Phi) is 14.6. The minimum atomic E-state index is -4.63. The number of nitrogens with one attached hydrogen (secondary N) is 1. The van der Waals surface area contributed by atoms with Gasteiger partial charge >= 0.3 is 6.18 Å². The number of alkyl halides is 3. The minimum Gasteiger partial charge on any atom is -0.364 e. The summed E-state index contributed by atoms with van der Waals surface area (Å²) in [5.41, 5.74) is -1.60. The molecule has 0 aliphatic rings. The summed E-state index contributed by atoms with van der Waals surface area (Å²) in [5.74, 6) is -0.355. The van der Waals surface area contributed by atoms with Crippen molar-refractivity contribution in [3.05, 3.63) is 46.3 Å². The van der Waals surface area contributed by atoms with Gasteiger partial charge in [0.05, 0.1) is 10.5 Å². The zero-order chi connectivity index (χ0) is 24.6. The number of halogens is 3. The standard InChI is InChI=1S/C24H40F3N3O2/c1-6-10-12-13-14-15-18-23(9-4,17-11-7-2)29-22(28-20(5)19-30(31)32)21(16-8-3)24(25,26)27/h7,16,19H,2,6,8-15,17-18H2,1,3-5H3,(H,28,29)/b20-19+,21-16+. The first-order valence-corrected chi connectivity index (χ1v) is 11.6. The van der Waals surface area contributed by atoms with Gasteiger partial charge in [-0.25, -0.2) is 4.99 Å². The Bertz CT molecular complexity index is 670. The van der Waals surface area contributed by atoms with Crippen molar-refractivity contribution in [1.29, 1.82) is 0 Å². The quantitative estimate of drug-likeness (QED) is 0.0637. The average Bonchev–Trinajstić information content (AvgIpc) is 2.70. The minimum absolute atomic E-state index is 0.1000. The van der Waals surface area contributed by atoms with Crippen molar-refractivity contribution < 1.29 is 18.1 Å². The lowest BCUT2D eigenvalue weighted by molar-refractivity contribution is -0.403. The molecule has 1 unspecified atom stereocenters. The summed E-state index contributed by atoms with van der Waals surface area (Å²) in [6.45, 7) is 10.8. The fraction of sp³-hybridized carbons (Fsp3) is 0.708. The smallest absolute Gasteiger partial charge is 0.364 e. The first kappa shape index (κ1) is 29.9. The van der Waals surface area contributed by atoms with Crippen molar-refractivity contribution in [3.8, 4) is 0 Å². The molecule has 0 heterocycles. The number of unbranched alkanes of at least 4 members (excludes halogenated alkanes) is 5. The summed E-state index contributed by atoms with van der Waals surface area (Å²) in [5, 5.41) is 13.9. The largest absolute Gasteiger partial charge is 0.419 e. The van der Waals surface area contributed by atoms with Crippen molar-refractivity contribution in [2.24, 2.45) is 4.99 Å². The van der Waals surface area contributed by atoms with Crippen LogP contribution in [0.1, 0.15) is 98.3 Å². The number of aliphatic imine (C=N–C) groups is 1. The van der Waals surface area contributed by atoms with E-state index in [2.05, 4.69) is 23.8 Å². The maximum absolute atomic E-state index is 13.9. The van der Waals surface area contributed by atoms with Crippen molar-refractivity contribution in [1.82, 2.24) is 5.32 Å². The van der Waals surface area contributed by atoms with E-state index < -0.39 is 22.2 Å². The van der Waals surface area contributed by atoms with Gasteiger partial charge in [0.15, 0.2) is 0 Å². The van der Waals surface area contributed by atoms with Crippen molar-refractivity contribution in [2.75, 3.05) is 0 Å². The highest BCUT2D eigenvalue weighted by atomic mass is 19.4. The van der Waals surface area contributed by atoms with Crippen LogP contribution in [-0.4, -0.2) is 22.5 Å². The average molecular weight is 460 g/mol. The van der Waals surface area contributed by atoms with Gasteiger partial charge in [-0.2, -0.15) is 13.2 Å². The summed E-state index contributed by atoms with van der Waals surface area (Å²) in [6.07, 6.45) is 8.03. The highest BCUT2D eigenvalue weighted by molar-refractivity contribution is 6.00. The lowest BCUT2D eigenvalue weighted by Gasteiger charge is -2.36. The van der Waals surface area contributed by atoms with Gasteiger partial charge in [-0.1, -0.05) is 71.4 Å². The van der Waals surface area contributed by atoms with E-state index in [4.69, 9.17) is 0 Å². The SMILES string of the molecule is C=CCCC(CC)(CCCCCCCC)NC(=N/C(C)=C/[N+](=O)[O-])/C(=C\CC)C(F)(F)F. The normalized spacial score (nSPS) is 15.4. The van der Waals surface area contributed by atoms with Gasteiger partial charge in [0.2, 0.25) is 0 Å². The second-order valence-corrected chi connectivity index (χ2v) is 8.14. The molecule has 1 atom stereocenters. The second-order valence-electron chi connectivity index (χ2n) is 8.14. The van der Waals surface area contributed by atoms with Crippen LogP contribution in [0.5, 0.6) is 0 Å². The van der Waals surface area contributed by atoms with Crippen LogP contribution in [0.4, 0.5) is 13.2 Å². The summed E-state index contributed by atoms with van der Waals surface area (Å²) in [6, 6.07) is 0. The molecule has 184 valence electrons. The number of amidine groups is 1. The van der Waals surface area contributed by atoms with Crippen molar-refractivity contribution >= 4 is 5.84 Å². The van der Waals surface area contributed by atoms with Gasteiger partial charge in [0.25, 0.3) is 6.20 Å². The number of nitro groups is 1. The molecule has 0 aromatic heterocycles. The van der Waals surface area contributed by atoms with E-state index in [1.54, 1.807) is 13.0 Å². The maximum atomic E-state index is 13.9. The van der Waals surface area contributed by atoms with E-state index in [9.17, 15) is 23.3 Å². The van der Waals surface area contributed by atoms with E-state index in [0.29, 0.717) is 31.9 Å². The summed E-state index contributed by atoms with van der Waals surface area (Å²) in [4.78, 5) is 14.1. The molecule has 0 bridgehead atoms. The zero-order valence-electron chi connectivity index (χ0n) is 20.1. The summed E-state index contributed by atoms with van der Waals surface area (Å²) >= 11 is 0. The highest BCUT2D eigenvalue weighted by Gasteiger charge is 2.39. The van der Waals surface area contributed by atoms with Gasteiger partial charge in [-0.15, -0.1) is 6.58 Å². The molecule has 0 spiro atoms. The Labute approximate surface area is 191 Å². The molecule has 0 amide bonds. The van der Waals surface area contributed by atoms with Crippen LogP contribution in [0.3, 0.4) is 0 Å². The third-order valence-electron chi connectivity index (χ3n) is 5.45. The van der Waals surface area contributed by atoms with Crippen LogP contribution in [0, 0.1) is 10.1 Å². The predicted molar refractivity (Wildman–Crippen MR) is 126 cm³/mol. The van der Waals surface area contributed by atoms with Gasteiger partial charge < -0.3 is 5.32 Å². The van der Waals surface area contributed by atoms with Gasteiger partial charge in [-0.05, 0) is 39.0 Å². The number of hydrogen-bond acceptors (Lipinski definition) is 3. The predicted octanol–water partition coefficient (Wildman–Crippen LogP) is 7.88. The monoisotopic (exact) mass is 459 g/mol. The van der Waals surface area contributed by atoms with E-state index in [1.165, 1.54) is 13.3 Å². The zero-order valence-corrected chi connectivity index (χ0v) is 20.1. The van der Waals surface area contributed by atoms with Crippen LogP contribution in [0.25, 0.3) is 0 Å². The van der Waals surface area contributed by atoms with Crippen LogP contribution in [0.2, 0.25) is 0 Å². The lowest BCUT2D eigenvalue weighted by Crippen LogP contribution is -2.50. The molecule has 5 nitrogen and oxygen atoms in total. The molecule has 0 aromatic carbocycles. The number of allylic oxidation sites excluding steroid dienone is 3. The Morgan fingerprint density at radius 3 is 2.22 bits per heavy atom. The third kappa shape index (κ3) is 12.1. The van der Waals surface area contributed by atoms with Crippen molar-refractivity contribution in [2.45, 2.75) is 110 Å².